The van der Waals surface area contributed by atoms with Crippen LogP contribution in [0.25, 0.3) is 0 Å². The number of carbonyl (C=O) groups is 3. The SMILES string of the molecule is Cn1nc(C(=O)N2CCC(C(=O)NC3CCCCCC3)CC2)c2c1CCN(C(=O)c1ccccc1)C2. The normalized spacial score (nSPS) is 19.5. The van der Waals surface area contributed by atoms with E-state index in [1.54, 1.807) is 9.58 Å². The topological polar surface area (TPSA) is 87.5 Å². The predicted molar refractivity (Wildman–Crippen MR) is 136 cm³/mol. The molecule has 5 rings (SSSR count). The van der Waals surface area contributed by atoms with Crippen molar-refractivity contribution in [3.8, 4) is 0 Å². The van der Waals surface area contributed by atoms with Gasteiger partial charge in [0.05, 0.1) is 6.54 Å². The number of hydrogen-bond donors (Lipinski definition) is 1. The average Bonchev–Trinajstić information content (AvgIpc) is 3.06. The van der Waals surface area contributed by atoms with Crippen molar-refractivity contribution in [1.82, 2.24) is 24.9 Å². The molecule has 1 N–H and O–H groups in total. The predicted octanol–water partition coefficient (Wildman–Crippen LogP) is 3.31. The van der Waals surface area contributed by atoms with Crippen molar-refractivity contribution in [2.45, 2.75) is 70.4 Å². The Bertz CT molecular complexity index is 1100. The number of hydrogen-bond acceptors (Lipinski definition) is 4. The molecule has 1 aromatic carbocycles. The fourth-order valence-electron chi connectivity index (χ4n) is 5.94. The summed E-state index contributed by atoms with van der Waals surface area (Å²) in [6, 6.07) is 9.57. The lowest BCUT2D eigenvalue weighted by molar-refractivity contribution is -0.127. The molecule has 1 aliphatic carbocycles. The van der Waals surface area contributed by atoms with Crippen LogP contribution in [0.1, 0.15) is 83.5 Å². The summed E-state index contributed by atoms with van der Waals surface area (Å²) in [7, 11) is 1.87. The minimum Gasteiger partial charge on any atom is -0.353 e. The number of rotatable bonds is 4. The molecule has 1 saturated heterocycles. The first-order valence-corrected chi connectivity index (χ1v) is 13.5. The summed E-state index contributed by atoms with van der Waals surface area (Å²) in [6.07, 6.45) is 9.12. The molecule has 3 heterocycles. The van der Waals surface area contributed by atoms with E-state index in [1.165, 1.54) is 25.7 Å². The maximum absolute atomic E-state index is 13.5. The van der Waals surface area contributed by atoms with Gasteiger partial charge in [0.15, 0.2) is 5.69 Å². The van der Waals surface area contributed by atoms with Crippen LogP contribution in [0.5, 0.6) is 0 Å². The molecule has 0 unspecified atom stereocenters. The highest BCUT2D eigenvalue weighted by Crippen LogP contribution is 2.27. The van der Waals surface area contributed by atoms with Gasteiger partial charge in [-0.05, 0) is 37.8 Å². The van der Waals surface area contributed by atoms with Crippen LogP contribution in [0.4, 0.5) is 0 Å². The van der Waals surface area contributed by atoms with Gasteiger partial charge in [0.25, 0.3) is 11.8 Å². The Balaban J connectivity index is 1.21. The van der Waals surface area contributed by atoms with E-state index >= 15 is 0 Å². The summed E-state index contributed by atoms with van der Waals surface area (Å²) < 4.78 is 1.79. The number of aryl methyl sites for hydroxylation is 1. The van der Waals surface area contributed by atoms with Gasteiger partial charge in [0.1, 0.15) is 0 Å². The van der Waals surface area contributed by atoms with Gasteiger partial charge < -0.3 is 15.1 Å². The molecule has 0 bridgehead atoms. The summed E-state index contributed by atoms with van der Waals surface area (Å²) in [5.74, 6) is 0.000649. The number of nitrogens with zero attached hydrogens (tertiary/aromatic N) is 4. The van der Waals surface area contributed by atoms with Gasteiger partial charge in [-0.3, -0.25) is 19.1 Å². The first kappa shape index (κ1) is 24.5. The number of nitrogens with one attached hydrogen (secondary N) is 1. The number of likely N-dealkylation sites (tertiary alicyclic amines) is 1. The third kappa shape index (κ3) is 5.18. The van der Waals surface area contributed by atoms with Gasteiger partial charge >= 0.3 is 0 Å². The summed E-state index contributed by atoms with van der Waals surface area (Å²) in [5, 5.41) is 7.86. The van der Waals surface area contributed by atoms with Crippen molar-refractivity contribution < 1.29 is 14.4 Å². The van der Waals surface area contributed by atoms with Crippen LogP contribution in [-0.2, 0) is 24.8 Å². The first-order valence-electron chi connectivity index (χ1n) is 13.5. The molecule has 3 aliphatic rings. The Morgan fingerprint density at radius 2 is 1.56 bits per heavy atom. The first-order chi connectivity index (χ1) is 17.5. The second kappa shape index (κ2) is 10.8. The number of benzene rings is 1. The minimum atomic E-state index is -0.0940. The number of fused-ring (bicyclic) bond motifs is 1. The standard InChI is InChI=1S/C28H37N5O3/c1-31-24-15-18-33(27(35)21-9-5-4-6-10-21)19-23(24)25(30-31)28(36)32-16-13-20(14-17-32)26(34)29-22-11-7-2-3-8-12-22/h4-6,9-10,20,22H,2-3,7-8,11-19H2,1H3,(H,29,34). The molecule has 2 aliphatic heterocycles. The zero-order valence-corrected chi connectivity index (χ0v) is 21.2. The molecule has 1 aromatic heterocycles. The Kier molecular flexibility index (Phi) is 7.39. The number of amides is 3. The van der Waals surface area contributed by atoms with E-state index in [0.717, 1.165) is 24.1 Å². The van der Waals surface area contributed by atoms with Crippen molar-refractivity contribution in [3.63, 3.8) is 0 Å². The van der Waals surface area contributed by atoms with Crippen molar-refractivity contribution >= 4 is 17.7 Å². The number of carbonyl (C=O) groups excluding carboxylic acids is 3. The molecule has 2 aromatic rings. The van der Waals surface area contributed by atoms with Crippen LogP contribution < -0.4 is 5.32 Å². The molecule has 8 heteroatoms. The highest BCUT2D eigenvalue weighted by atomic mass is 16.2. The van der Waals surface area contributed by atoms with Crippen LogP contribution in [0.3, 0.4) is 0 Å². The summed E-state index contributed by atoms with van der Waals surface area (Å²) in [5.41, 5.74) is 2.97. The largest absolute Gasteiger partial charge is 0.353 e. The zero-order chi connectivity index (χ0) is 25.1. The van der Waals surface area contributed by atoms with Gasteiger partial charge in [-0.2, -0.15) is 5.10 Å². The van der Waals surface area contributed by atoms with Crippen LogP contribution in [-0.4, -0.2) is 63.0 Å². The maximum Gasteiger partial charge on any atom is 0.274 e. The second-order valence-corrected chi connectivity index (χ2v) is 10.5. The Morgan fingerprint density at radius 1 is 0.861 bits per heavy atom. The van der Waals surface area contributed by atoms with E-state index in [2.05, 4.69) is 10.4 Å². The lowest BCUT2D eigenvalue weighted by Crippen LogP contribution is -2.45. The third-order valence-electron chi connectivity index (χ3n) is 8.11. The molecule has 2 fully saturated rings. The lowest BCUT2D eigenvalue weighted by atomic mass is 9.94. The van der Waals surface area contributed by atoms with E-state index in [-0.39, 0.29) is 23.6 Å². The van der Waals surface area contributed by atoms with E-state index in [4.69, 9.17) is 0 Å². The molecule has 192 valence electrons. The Morgan fingerprint density at radius 3 is 2.25 bits per heavy atom. The minimum absolute atomic E-state index is 0.0241. The van der Waals surface area contributed by atoms with Crippen molar-refractivity contribution in [3.05, 3.63) is 52.8 Å². The van der Waals surface area contributed by atoms with E-state index in [0.29, 0.717) is 62.7 Å². The highest BCUT2D eigenvalue weighted by molar-refractivity contribution is 5.96. The quantitative estimate of drug-likeness (QED) is 0.665. The second-order valence-electron chi connectivity index (χ2n) is 10.5. The molecule has 0 spiro atoms. The Labute approximate surface area is 213 Å². The van der Waals surface area contributed by atoms with Gasteiger partial charge in [0.2, 0.25) is 5.91 Å². The molecular formula is C28H37N5O3. The monoisotopic (exact) mass is 491 g/mol. The van der Waals surface area contributed by atoms with Crippen LogP contribution in [0.2, 0.25) is 0 Å². The van der Waals surface area contributed by atoms with Crippen LogP contribution >= 0.6 is 0 Å². The Hall–Kier alpha value is -3.16. The molecule has 1 saturated carbocycles. The molecule has 36 heavy (non-hydrogen) atoms. The highest BCUT2D eigenvalue weighted by Gasteiger charge is 2.34. The zero-order valence-electron chi connectivity index (χ0n) is 21.2. The van der Waals surface area contributed by atoms with E-state index in [1.807, 2.05) is 42.3 Å². The molecular weight excluding hydrogens is 454 g/mol. The molecule has 3 amide bonds. The van der Waals surface area contributed by atoms with Gasteiger partial charge in [0, 0.05) is 61.9 Å². The summed E-state index contributed by atoms with van der Waals surface area (Å²) in [6.45, 7) is 2.10. The molecule has 0 atom stereocenters. The lowest BCUT2D eigenvalue weighted by Gasteiger charge is -2.32. The van der Waals surface area contributed by atoms with Gasteiger partial charge in [-0.1, -0.05) is 43.9 Å². The molecule has 8 nitrogen and oxygen atoms in total. The smallest absolute Gasteiger partial charge is 0.274 e. The fraction of sp³-hybridized carbons (Fsp3) is 0.571. The third-order valence-corrected chi connectivity index (χ3v) is 8.11. The summed E-state index contributed by atoms with van der Waals surface area (Å²) >= 11 is 0. The van der Waals surface area contributed by atoms with Crippen molar-refractivity contribution in [1.29, 1.82) is 0 Å². The van der Waals surface area contributed by atoms with E-state index in [9.17, 15) is 14.4 Å². The van der Waals surface area contributed by atoms with Crippen molar-refractivity contribution in [2.75, 3.05) is 19.6 Å². The van der Waals surface area contributed by atoms with Gasteiger partial charge in [-0.25, -0.2) is 0 Å². The number of aromatic nitrogens is 2. The van der Waals surface area contributed by atoms with Crippen molar-refractivity contribution in [2.24, 2.45) is 13.0 Å². The molecule has 0 radical (unpaired) electrons. The number of piperidine rings is 1. The van der Waals surface area contributed by atoms with Gasteiger partial charge in [-0.15, -0.1) is 0 Å². The average molecular weight is 492 g/mol. The van der Waals surface area contributed by atoms with Crippen LogP contribution in [0, 0.1) is 5.92 Å². The van der Waals surface area contributed by atoms with E-state index < -0.39 is 0 Å². The summed E-state index contributed by atoms with van der Waals surface area (Å²) in [4.78, 5) is 43.0. The fourth-order valence-corrected chi connectivity index (χ4v) is 5.94. The maximum atomic E-state index is 13.5. The van der Waals surface area contributed by atoms with Crippen LogP contribution in [0.15, 0.2) is 30.3 Å².